The van der Waals surface area contributed by atoms with E-state index in [1.165, 1.54) is 6.07 Å². The number of thiophene rings is 1. The largest absolute Gasteiger partial charge is 0.409 e. The van der Waals surface area contributed by atoms with Crippen molar-refractivity contribution in [2.24, 2.45) is 0 Å². The zero-order chi connectivity index (χ0) is 14.3. The van der Waals surface area contributed by atoms with Crippen LogP contribution in [0.3, 0.4) is 0 Å². The molecule has 10 heteroatoms. The fraction of sp³-hybridized carbons (Fsp3) is 0.333. The van der Waals surface area contributed by atoms with Gasteiger partial charge >= 0.3 is 12.4 Å². The molecule has 0 bridgehead atoms. The van der Waals surface area contributed by atoms with E-state index in [9.17, 15) is 26.3 Å². The quantitative estimate of drug-likeness (QED) is 0.787. The predicted octanol–water partition coefficient (Wildman–Crippen LogP) is 4.01. The third kappa shape index (κ3) is 2.88. The highest BCUT2D eigenvalue weighted by molar-refractivity contribution is 7.13. The standard InChI is InChI=1S/C9H4F6N2OS/c10-8(11,12)5(9(13,14)15)7-16-6(17-18-7)4-2-1-3-19-4/h1-3,5H. The minimum absolute atomic E-state index is 0.302. The number of aromatic nitrogens is 2. The van der Waals surface area contributed by atoms with E-state index < -0.39 is 24.2 Å². The maximum Gasteiger partial charge on any atom is 0.409 e. The van der Waals surface area contributed by atoms with E-state index >= 15 is 0 Å². The van der Waals surface area contributed by atoms with Crippen molar-refractivity contribution in [2.75, 3.05) is 0 Å². The molecule has 0 atom stereocenters. The minimum atomic E-state index is -5.54. The SMILES string of the molecule is FC(F)(F)C(c1nc(-c2cccs2)no1)C(F)(F)F. The van der Waals surface area contributed by atoms with Crippen LogP contribution in [0.5, 0.6) is 0 Å². The Labute approximate surface area is 105 Å². The fourth-order valence-corrected chi connectivity index (χ4v) is 1.97. The van der Waals surface area contributed by atoms with Crippen LogP contribution in [0.1, 0.15) is 11.8 Å². The smallest absolute Gasteiger partial charge is 0.338 e. The molecule has 0 radical (unpaired) electrons. The van der Waals surface area contributed by atoms with Crippen LogP contribution in [-0.2, 0) is 0 Å². The van der Waals surface area contributed by atoms with E-state index in [1.807, 2.05) is 0 Å². The minimum Gasteiger partial charge on any atom is -0.338 e. The Morgan fingerprint density at radius 3 is 2.21 bits per heavy atom. The van der Waals surface area contributed by atoms with Crippen molar-refractivity contribution < 1.29 is 30.9 Å². The lowest BCUT2D eigenvalue weighted by atomic mass is 10.1. The molecule has 2 heterocycles. The average molecular weight is 302 g/mol. The van der Waals surface area contributed by atoms with Crippen molar-refractivity contribution in [1.29, 1.82) is 0 Å². The normalized spacial score (nSPS) is 13.2. The van der Waals surface area contributed by atoms with E-state index in [1.54, 1.807) is 11.4 Å². The first-order valence-corrected chi connectivity index (χ1v) is 5.58. The molecule has 0 saturated heterocycles. The number of hydrogen-bond acceptors (Lipinski definition) is 4. The number of rotatable bonds is 2. The van der Waals surface area contributed by atoms with Crippen LogP contribution in [0.25, 0.3) is 10.7 Å². The van der Waals surface area contributed by atoms with Gasteiger partial charge in [0.15, 0.2) is 0 Å². The number of hydrogen-bond donors (Lipinski definition) is 0. The summed E-state index contributed by atoms with van der Waals surface area (Å²) in [5.74, 6) is -5.59. The molecule has 19 heavy (non-hydrogen) atoms. The average Bonchev–Trinajstić information content (AvgIpc) is 2.80. The third-order valence-corrected chi connectivity index (χ3v) is 2.95. The zero-order valence-corrected chi connectivity index (χ0v) is 9.60. The van der Waals surface area contributed by atoms with Gasteiger partial charge in [0.2, 0.25) is 17.6 Å². The van der Waals surface area contributed by atoms with Crippen LogP contribution in [0.4, 0.5) is 26.3 Å². The number of alkyl halides is 6. The van der Waals surface area contributed by atoms with Crippen molar-refractivity contribution >= 4 is 11.3 Å². The zero-order valence-electron chi connectivity index (χ0n) is 8.79. The van der Waals surface area contributed by atoms with E-state index in [4.69, 9.17) is 0 Å². The third-order valence-electron chi connectivity index (χ3n) is 2.08. The molecule has 0 aliphatic carbocycles. The summed E-state index contributed by atoms with van der Waals surface area (Å²) < 4.78 is 78.6. The summed E-state index contributed by atoms with van der Waals surface area (Å²) in [5.41, 5.74) is 0. The summed E-state index contributed by atoms with van der Waals surface area (Å²) in [7, 11) is 0. The van der Waals surface area contributed by atoms with Crippen LogP contribution in [0.15, 0.2) is 22.0 Å². The summed E-state index contributed by atoms with van der Waals surface area (Å²) in [4.78, 5) is 3.50. The first kappa shape index (κ1) is 13.8. The molecule has 0 aliphatic rings. The van der Waals surface area contributed by atoms with Crippen molar-refractivity contribution in [2.45, 2.75) is 18.3 Å². The second-order valence-corrected chi connectivity index (χ2v) is 4.40. The van der Waals surface area contributed by atoms with Gasteiger partial charge in [-0.3, -0.25) is 0 Å². The van der Waals surface area contributed by atoms with Gasteiger partial charge in [0, 0.05) is 0 Å². The van der Waals surface area contributed by atoms with Gasteiger partial charge in [0.1, 0.15) is 0 Å². The van der Waals surface area contributed by atoms with Gasteiger partial charge in [-0.05, 0) is 11.4 Å². The van der Waals surface area contributed by atoms with E-state index in [-0.39, 0.29) is 5.82 Å². The summed E-state index contributed by atoms with van der Waals surface area (Å²) in [6, 6.07) is 3.01. The molecule has 0 N–H and O–H groups in total. The lowest BCUT2D eigenvalue weighted by molar-refractivity contribution is -0.259. The maximum absolute atomic E-state index is 12.4. The van der Waals surface area contributed by atoms with Crippen molar-refractivity contribution in [3.8, 4) is 10.7 Å². The molecule has 0 fully saturated rings. The van der Waals surface area contributed by atoms with Crippen molar-refractivity contribution in [3.05, 3.63) is 23.4 Å². The van der Waals surface area contributed by atoms with Crippen LogP contribution < -0.4 is 0 Å². The lowest BCUT2D eigenvalue weighted by Gasteiger charge is -2.18. The highest BCUT2D eigenvalue weighted by atomic mass is 32.1. The first-order valence-electron chi connectivity index (χ1n) is 4.70. The van der Waals surface area contributed by atoms with Gasteiger partial charge in [-0.2, -0.15) is 31.3 Å². The Morgan fingerprint density at radius 1 is 1.11 bits per heavy atom. The van der Waals surface area contributed by atoms with Gasteiger partial charge in [-0.1, -0.05) is 11.2 Å². The van der Waals surface area contributed by atoms with E-state index in [0.29, 0.717) is 4.88 Å². The van der Waals surface area contributed by atoms with Crippen LogP contribution in [0, 0.1) is 0 Å². The molecule has 0 aromatic carbocycles. The summed E-state index contributed by atoms with van der Waals surface area (Å²) in [5, 5.41) is 4.71. The molecule has 104 valence electrons. The van der Waals surface area contributed by atoms with E-state index in [0.717, 1.165) is 11.3 Å². The Hall–Kier alpha value is -1.58. The second kappa shape index (κ2) is 4.51. The van der Waals surface area contributed by atoms with Crippen molar-refractivity contribution in [1.82, 2.24) is 10.1 Å². The molecule has 0 amide bonds. The molecule has 0 unspecified atom stereocenters. The van der Waals surface area contributed by atoms with Crippen molar-refractivity contribution in [3.63, 3.8) is 0 Å². The highest BCUT2D eigenvalue weighted by Crippen LogP contribution is 2.46. The summed E-state index contributed by atoms with van der Waals surface area (Å²) >= 11 is 1.07. The summed E-state index contributed by atoms with van der Waals surface area (Å²) in [6.45, 7) is 0. The monoisotopic (exact) mass is 302 g/mol. The number of halogens is 6. The molecule has 0 spiro atoms. The molecule has 2 aromatic rings. The molecule has 0 saturated carbocycles. The van der Waals surface area contributed by atoms with Gasteiger partial charge in [0.25, 0.3) is 0 Å². The van der Waals surface area contributed by atoms with Gasteiger partial charge in [-0.25, -0.2) is 0 Å². The Bertz CT molecular complexity index is 530. The summed E-state index contributed by atoms with van der Waals surface area (Å²) in [6.07, 6.45) is -11.1. The van der Waals surface area contributed by atoms with Gasteiger partial charge in [-0.15, -0.1) is 11.3 Å². The Morgan fingerprint density at radius 2 is 1.74 bits per heavy atom. The van der Waals surface area contributed by atoms with Gasteiger partial charge in [0.05, 0.1) is 4.88 Å². The molecular formula is C9H4F6N2OS. The first-order chi connectivity index (χ1) is 8.69. The Kier molecular flexibility index (Phi) is 3.29. The molecule has 3 nitrogen and oxygen atoms in total. The molecular weight excluding hydrogens is 298 g/mol. The molecule has 2 rings (SSSR count). The van der Waals surface area contributed by atoms with E-state index in [2.05, 4.69) is 14.7 Å². The Balaban J connectivity index is 2.40. The maximum atomic E-state index is 12.4. The van der Waals surface area contributed by atoms with Crippen LogP contribution >= 0.6 is 11.3 Å². The van der Waals surface area contributed by atoms with Gasteiger partial charge < -0.3 is 4.52 Å². The van der Waals surface area contributed by atoms with Crippen LogP contribution in [0.2, 0.25) is 0 Å². The lowest BCUT2D eigenvalue weighted by Crippen LogP contribution is -2.34. The molecule has 0 aliphatic heterocycles. The topological polar surface area (TPSA) is 38.9 Å². The van der Waals surface area contributed by atoms with Crippen LogP contribution in [-0.4, -0.2) is 22.5 Å². The highest BCUT2D eigenvalue weighted by Gasteiger charge is 2.60. The second-order valence-electron chi connectivity index (χ2n) is 3.45. The fourth-order valence-electron chi connectivity index (χ4n) is 1.32. The predicted molar refractivity (Wildman–Crippen MR) is 52.5 cm³/mol. The molecule has 2 aromatic heterocycles. The number of nitrogens with zero attached hydrogens (tertiary/aromatic N) is 2.